The maximum atomic E-state index is 13.0. The van der Waals surface area contributed by atoms with Crippen molar-refractivity contribution in [1.82, 2.24) is 9.88 Å². The van der Waals surface area contributed by atoms with Gasteiger partial charge in [0.25, 0.3) is 5.91 Å². The highest BCUT2D eigenvalue weighted by Crippen LogP contribution is 2.31. The average Bonchev–Trinajstić information content (AvgIpc) is 3.34. The Kier molecular flexibility index (Phi) is 4.51. The summed E-state index contributed by atoms with van der Waals surface area (Å²) in [5.41, 5.74) is 4.08. The molecule has 148 valence electrons. The van der Waals surface area contributed by atoms with Crippen LogP contribution in [0.15, 0.2) is 46.9 Å². The summed E-state index contributed by atoms with van der Waals surface area (Å²) >= 11 is 1.74. The molecule has 29 heavy (non-hydrogen) atoms. The lowest BCUT2D eigenvalue weighted by molar-refractivity contribution is 0.0716. The van der Waals surface area contributed by atoms with Crippen molar-refractivity contribution in [2.24, 2.45) is 0 Å². The average molecular weight is 406 g/mol. The molecule has 1 aliphatic rings. The van der Waals surface area contributed by atoms with Crippen molar-refractivity contribution in [3.63, 3.8) is 0 Å². The molecule has 2 aromatic heterocycles. The van der Waals surface area contributed by atoms with Crippen molar-refractivity contribution in [2.75, 3.05) is 31.1 Å². The van der Waals surface area contributed by atoms with Crippen molar-refractivity contribution in [3.8, 4) is 0 Å². The number of nitrogens with zero attached hydrogens (tertiary/aromatic N) is 3. The van der Waals surface area contributed by atoms with E-state index in [0.29, 0.717) is 18.8 Å². The Morgan fingerprint density at radius 1 is 1.14 bits per heavy atom. The van der Waals surface area contributed by atoms with Crippen LogP contribution in [0.4, 0.5) is 5.13 Å². The normalized spacial score (nSPS) is 14.8. The van der Waals surface area contributed by atoms with Gasteiger partial charge >= 0.3 is 0 Å². The van der Waals surface area contributed by atoms with Gasteiger partial charge in [-0.05, 0) is 37.1 Å². The Balaban J connectivity index is 1.32. The van der Waals surface area contributed by atoms with E-state index < -0.39 is 0 Å². The Hall–Kier alpha value is -2.86. The molecule has 5 rings (SSSR count). The zero-order valence-corrected chi connectivity index (χ0v) is 17.5. The van der Waals surface area contributed by atoms with E-state index in [0.717, 1.165) is 46.7 Å². The van der Waals surface area contributed by atoms with Crippen LogP contribution in [0, 0.1) is 6.92 Å². The molecular weight excluding hydrogens is 382 g/mol. The third-order valence-electron chi connectivity index (χ3n) is 5.73. The molecule has 1 saturated heterocycles. The van der Waals surface area contributed by atoms with Gasteiger partial charge < -0.3 is 14.2 Å². The predicted octanol–water partition coefficient (Wildman–Crippen LogP) is 4.88. The summed E-state index contributed by atoms with van der Waals surface area (Å²) in [6.07, 6.45) is 1.03. The first kappa shape index (κ1) is 18.2. The fourth-order valence-electron chi connectivity index (χ4n) is 3.93. The van der Waals surface area contributed by atoms with Gasteiger partial charge in [0.05, 0.1) is 10.2 Å². The Morgan fingerprint density at radius 3 is 2.69 bits per heavy atom. The minimum atomic E-state index is -0.0183. The lowest BCUT2D eigenvalue weighted by Crippen LogP contribution is -2.48. The zero-order valence-electron chi connectivity index (χ0n) is 16.6. The standard InChI is InChI=1S/C23H23N3O2S/c1-3-16-8-9-18-20(14-16)29-23(24-18)26-12-10-25(11-13-26)22(27)21-15(2)17-6-4-5-7-19(17)28-21/h4-9,14H,3,10-13H2,1-2H3. The van der Waals surface area contributed by atoms with Crippen molar-refractivity contribution in [2.45, 2.75) is 20.3 Å². The molecular formula is C23H23N3O2S. The van der Waals surface area contributed by atoms with Crippen molar-refractivity contribution < 1.29 is 9.21 Å². The molecule has 1 amide bonds. The quantitative estimate of drug-likeness (QED) is 0.488. The second-order valence-electron chi connectivity index (χ2n) is 7.48. The number of furan rings is 1. The number of hydrogen-bond acceptors (Lipinski definition) is 5. The summed E-state index contributed by atoms with van der Waals surface area (Å²) in [5, 5.41) is 2.05. The number of carbonyl (C=O) groups is 1. The van der Waals surface area contributed by atoms with Crippen LogP contribution in [0.3, 0.4) is 0 Å². The number of fused-ring (bicyclic) bond motifs is 2. The van der Waals surface area contributed by atoms with Crippen LogP contribution in [0.1, 0.15) is 28.6 Å². The van der Waals surface area contributed by atoms with Gasteiger partial charge in [-0.25, -0.2) is 4.98 Å². The van der Waals surface area contributed by atoms with E-state index in [4.69, 9.17) is 9.40 Å². The molecule has 1 fully saturated rings. The molecule has 0 aliphatic carbocycles. The van der Waals surface area contributed by atoms with Crippen molar-refractivity contribution in [3.05, 3.63) is 59.4 Å². The van der Waals surface area contributed by atoms with Crippen LogP contribution in [0.5, 0.6) is 0 Å². The van der Waals surface area contributed by atoms with Gasteiger partial charge in [0.1, 0.15) is 5.58 Å². The van der Waals surface area contributed by atoms with E-state index in [-0.39, 0.29) is 5.91 Å². The first-order chi connectivity index (χ1) is 14.1. The molecule has 0 atom stereocenters. The van der Waals surface area contributed by atoms with Gasteiger partial charge in [-0.3, -0.25) is 4.79 Å². The monoisotopic (exact) mass is 405 g/mol. The number of amides is 1. The van der Waals surface area contributed by atoms with Crippen LogP contribution >= 0.6 is 11.3 Å². The van der Waals surface area contributed by atoms with E-state index in [1.165, 1.54) is 10.3 Å². The first-order valence-electron chi connectivity index (χ1n) is 10.1. The summed E-state index contributed by atoms with van der Waals surface area (Å²) in [6.45, 7) is 7.04. The lowest BCUT2D eigenvalue weighted by Gasteiger charge is -2.34. The second kappa shape index (κ2) is 7.19. The molecule has 3 heterocycles. The maximum Gasteiger partial charge on any atom is 0.290 e. The molecule has 6 heteroatoms. The number of aromatic nitrogens is 1. The molecule has 0 spiro atoms. The molecule has 0 saturated carbocycles. The van der Waals surface area contributed by atoms with Gasteiger partial charge in [0, 0.05) is 37.1 Å². The number of thiazole rings is 1. The van der Waals surface area contributed by atoms with E-state index >= 15 is 0 Å². The summed E-state index contributed by atoms with van der Waals surface area (Å²) in [4.78, 5) is 22.0. The summed E-state index contributed by atoms with van der Waals surface area (Å²) in [7, 11) is 0. The second-order valence-corrected chi connectivity index (χ2v) is 8.49. The van der Waals surface area contributed by atoms with E-state index in [9.17, 15) is 4.79 Å². The highest BCUT2D eigenvalue weighted by Gasteiger charge is 2.27. The number of anilines is 1. The number of rotatable bonds is 3. The first-order valence-corrected chi connectivity index (χ1v) is 10.9. The van der Waals surface area contributed by atoms with Crippen LogP contribution < -0.4 is 4.90 Å². The van der Waals surface area contributed by atoms with E-state index in [1.807, 2.05) is 36.1 Å². The smallest absolute Gasteiger partial charge is 0.290 e. The Morgan fingerprint density at radius 2 is 1.93 bits per heavy atom. The van der Waals surface area contributed by atoms with Gasteiger partial charge in [0.2, 0.25) is 0 Å². The summed E-state index contributed by atoms with van der Waals surface area (Å²) in [5.74, 6) is 0.446. The highest BCUT2D eigenvalue weighted by atomic mass is 32.1. The van der Waals surface area contributed by atoms with E-state index in [1.54, 1.807) is 11.3 Å². The minimum Gasteiger partial charge on any atom is -0.451 e. The third-order valence-corrected chi connectivity index (χ3v) is 6.80. The fourth-order valence-corrected chi connectivity index (χ4v) is 5.02. The number of hydrogen-bond donors (Lipinski definition) is 0. The third kappa shape index (κ3) is 3.17. The molecule has 0 radical (unpaired) electrons. The van der Waals surface area contributed by atoms with Crippen LogP contribution in [0.2, 0.25) is 0 Å². The minimum absolute atomic E-state index is 0.0183. The largest absolute Gasteiger partial charge is 0.451 e. The molecule has 1 aliphatic heterocycles. The Labute approximate surface area is 173 Å². The zero-order chi connectivity index (χ0) is 20.0. The Bertz CT molecular complexity index is 1200. The number of piperazine rings is 1. The van der Waals surface area contributed by atoms with Gasteiger partial charge in [-0.1, -0.05) is 42.5 Å². The molecule has 2 aromatic carbocycles. The van der Waals surface area contributed by atoms with E-state index in [2.05, 4.69) is 30.0 Å². The maximum absolute atomic E-state index is 13.0. The van der Waals surface area contributed by atoms with Crippen molar-refractivity contribution in [1.29, 1.82) is 0 Å². The SMILES string of the molecule is CCc1ccc2nc(N3CCN(C(=O)c4oc5ccccc5c4C)CC3)sc2c1. The molecule has 0 N–H and O–H groups in total. The van der Waals surface area contributed by atoms with Gasteiger partial charge in [-0.15, -0.1) is 0 Å². The number of carbonyl (C=O) groups excluding carboxylic acids is 1. The summed E-state index contributed by atoms with van der Waals surface area (Å²) < 4.78 is 7.10. The van der Waals surface area contributed by atoms with Gasteiger partial charge in [0.15, 0.2) is 10.9 Å². The number of benzene rings is 2. The lowest BCUT2D eigenvalue weighted by atomic mass is 10.1. The van der Waals surface area contributed by atoms with Gasteiger partial charge in [-0.2, -0.15) is 0 Å². The highest BCUT2D eigenvalue weighted by molar-refractivity contribution is 7.22. The number of aryl methyl sites for hydroxylation is 2. The predicted molar refractivity (Wildman–Crippen MR) is 118 cm³/mol. The van der Waals surface area contributed by atoms with Crippen molar-refractivity contribution >= 4 is 43.6 Å². The molecule has 0 bridgehead atoms. The molecule has 5 nitrogen and oxygen atoms in total. The van der Waals surface area contributed by atoms with Crippen LogP contribution in [-0.4, -0.2) is 42.0 Å². The molecule has 4 aromatic rings. The topological polar surface area (TPSA) is 49.6 Å². The summed E-state index contributed by atoms with van der Waals surface area (Å²) in [6, 6.07) is 14.3. The number of para-hydroxylation sites is 1. The van der Waals surface area contributed by atoms with Crippen LogP contribution in [0.25, 0.3) is 21.2 Å². The molecule has 0 unspecified atom stereocenters. The van der Waals surface area contributed by atoms with Crippen LogP contribution in [-0.2, 0) is 6.42 Å². The fraction of sp³-hybridized carbons (Fsp3) is 0.304.